The van der Waals surface area contributed by atoms with Crippen LogP contribution in [0.15, 0.2) is 55.0 Å². The molecule has 2 fully saturated rings. The summed E-state index contributed by atoms with van der Waals surface area (Å²) in [6.07, 6.45) is 11.0. The van der Waals surface area contributed by atoms with Crippen LogP contribution in [0.5, 0.6) is 11.5 Å². The van der Waals surface area contributed by atoms with Crippen LogP contribution in [-0.4, -0.2) is 65.0 Å². The largest absolute Gasteiger partial charge is 0.497 e. The summed E-state index contributed by atoms with van der Waals surface area (Å²) in [7, 11) is 3.37. The summed E-state index contributed by atoms with van der Waals surface area (Å²) in [5.74, 6) is 2.25. The van der Waals surface area contributed by atoms with Gasteiger partial charge in [-0.25, -0.2) is 4.98 Å². The molecule has 0 atom stereocenters. The predicted molar refractivity (Wildman–Crippen MR) is 153 cm³/mol. The van der Waals surface area contributed by atoms with Crippen LogP contribution < -0.4 is 14.4 Å². The number of rotatable bonds is 10. The van der Waals surface area contributed by atoms with Gasteiger partial charge in [-0.1, -0.05) is 0 Å². The van der Waals surface area contributed by atoms with Crippen molar-refractivity contribution >= 4 is 34.8 Å². The van der Waals surface area contributed by atoms with Crippen LogP contribution in [0.3, 0.4) is 0 Å². The summed E-state index contributed by atoms with van der Waals surface area (Å²) >= 11 is 0. The zero-order chi connectivity index (χ0) is 25.2. The average Bonchev–Trinajstić information content (AvgIpc) is 3.38. The van der Waals surface area contributed by atoms with Crippen molar-refractivity contribution in [1.29, 1.82) is 0 Å². The van der Waals surface area contributed by atoms with Crippen LogP contribution in [-0.2, 0) is 6.54 Å². The molecule has 3 heterocycles. The maximum Gasteiger partial charge on any atom is 0.124 e. The number of halogens is 1. The van der Waals surface area contributed by atoms with Crippen molar-refractivity contribution in [2.75, 3.05) is 45.3 Å². The molecule has 0 spiro atoms. The number of fused-ring (bicyclic) bond motifs is 1. The monoisotopic (exact) mass is 534 g/mol. The number of nitrogens with zero attached hydrogens (tertiary/aromatic N) is 6. The fourth-order valence-electron chi connectivity index (χ4n) is 5.04. The minimum absolute atomic E-state index is 0. The predicted octanol–water partition coefficient (Wildman–Crippen LogP) is 5.58. The molecule has 6 rings (SSSR count). The highest BCUT2D eigenvalue weighted by Gasteiger charge is 2.26. The summed E-state index contributed by atoms with van der Waals surface area (Å²) in [4.78, 5) is 14.5. The first-order valence-corrected chi connectivity index (χ1v) is 13.2. The topological polar surface area (TPSA) is 68.5 Å². The van der Waals surface area contributed by atoms with E-state index in [0.717, 1.165) is 64.8 Å². The Morgan fingerprint density at radius 3 is 2.37 bits per heavy atom. The van der Waals surface area contributed by atoms with Crippen LogP contribution in [0.2, 0.25) is 0 Å². The first kappa shape index (κ1) is 26.3. The molecule has 2 aromatic heterocycles. The van der Waals surface area contributed by atoms with Gasteiger partial charge in [0.25, 0.3) is 0 Å². The van der Waals surface area contributed by atoms with Gasteiger partial charge in [0.15, 0.2) is 0 Å². The second-order valence-electron chi connectivity index (χ2n) is 10.1. The van der Waals surface area contributed by atoms with Crippen LogP contribution in [0.4, 0.5) is 11.4 Å². The molecule has 1 saturated carbocycles. The Labute approximate surface area is 230 Å². The van der Waals surface area contributed by atoms with E-state index >= 15 is 0 Å². The first-order chi connectivity index (χ1) is 18.2. The molecule has 38 heavy (non-hydrogen) atoms. The number of aromatic nitrogens is 4. The van der Waals surface area contributed by atoms with Crippen molar-refractivity contribution in [3.63, 3.8) is 0 Å². The van der Waals surface area contributed by atoms with Crippen molar-refractivity contribution in [1.82, 2.24) is 24.6 Å². The summed E-state index contributed by atoms with van der Waals surface area (Å²) in [6.45, 7) is 5.28. The number of hydrogen-bond donors (Lipinski definition) is 0. The number of anilines is 2. The molecule has 2 aliphatic rings. The second kappa shape index (κ2) is 11.6. The van der Waals surface area contributed by atoms with E-state index in [9.17, 15) is 0 Å². The van der Waals surface area contributed by atoms with Gasteiger partial charge in [-0.3, -0.25) is 9.67 Å². The highest BCUT2D eigenvalue weighted by atomic mass is 35.5. The number of hydrogen-bond acceptors (Lipinski definition) is 7. The molecule has 1 aliphatic carbocycles. The van der Waals surface area contributed by atoms with E-state index in [0.29, 0.717) is 5.92 Å². The van der Waals surface area contributed by atoms with E-state index in [2.05, 4.69) is 51.4 Å². The van der Waals surface area contributed by atoms with Gasteiger partial charge in [-0.05, 0) is 62.9 Å². The van der Waals surface area contributed by atoms with Crippen molar-refractivity contribution in [3.8, 4) is 22.8 Å². The van der Waals surface area contributed by atoms with Gasteiger partial charge < -0.3 is 19.3 Å². The van der Waals surface area contributed by atoms with Gasteiger partial charge >= 0.3 is 0 Å². The number of methoxy groups -OCH3 is 2. The molecule has 4 aromatic rings. The summed E-state index contributed by atoms with van der Waals surface area (Å²) in [5, 5.41) is 4.58. The van der Waals surface area contributed by atoms with Crippen LogP contribution in [0.25, 0.3) is 22.3 Å². The normalized spacial score (nSPS) is 15.4. The Morgan fingerprint density at radius 2 is 1.66 bits per heavy atom. The molecule has 1 aliphatic heterocycles. The Balaban J connectivity index is 0.00000294. The van der Waals surface area contributed by atoms with Gasteiger partial charge in [-0.2, -0.15) is 5.10 Å². The van der Waals surface area contributed by atoms with E-state index in [1.54, 1.807) is 14.2 Å². The van der Waals surface area contributed by atoms with Gasteiger partial charge in [0.2, 0.25) is 0 Å². The molecule has 0 radical (unpaired) electrons. The summed E-state index contributed by atoms with van der Waals surface area (Å²) < 4.78 is 13.1. The van der Waals surface area contributed by atoms with Gasteiger partial charge in [0.1, 0.15) is 11.5 Å². The summed E-state index contributed by atoms with van der Waals surface area (Å²) in [6, 6.07) is 12.3. The van der Waals surface area contributed by atoms with E-state index in [1.807, 2.05) is 23.1 Å². The van der Waals surface area contributed by atoms with Crippen molar-refractivity contribution in [2.45, 2.75) is 32.2 Å². The Kier molecular flexibility index (Phi) is 8.00. The first-order valence-electron chi connectivity index (χ1n) is 13.2. The third-order valence-electron chi connectivity index (χ3n) is 7.40. The molecule has 8 nitrogen and oxygen atoms in total. The zero-order valence-corrected chi connectivity index (χ0v) is 22.9. The van der Waals surface area contributed by atoms with Crippen molar-refractivity contribution < 1.29 is 9.47 Å². The van der Waals surface area contributed by atoms with Crippen LogP contribution >= 0.6 is 12.4 Å². The molecule has 1 saturated heterocycles. The highest BCUT2D eigenvalue weighted by molar-refractivity contribution is 5.85. The van der Waals surface area contributed by atoms with E-state index < -0.39 is 0 Å². The Morgan fingerprint density at radius 1 is 0.895 bits per heavy atom. The SMILES string of the molecule is COc1cc(OC)cc(N(CC2CC2)c2ccc3ncc(-c4cnn(CCN5CCCC5)c4)nc3c2)c1.Cl. The highest BCUT2D eigenvalue weighted by Crippen LogP contribution is 2.38. The Bertz CT molecular complexity index is 1360. The molecule has 0 amide bonds. The quantitative estimate of drug-likeness (QED) is 0.263. The molecule has 0 N–H and O–H groups in total. The number of ether oxygens (including phenoxy) is 2. The van der Waals surface area contributed by atoms with Gasteiger partial charge in [0, 0.05) is 54.4 Å². The van der Waals surface area contributed by atoms with E-state index in [1.165, 1.54) is 38.8 Å². The average molecular weight is 535 g/mol. The molecule has 0 unspecified atom stereocenters. The lowest BCUT2D eigenvalue weighted by molar-refractivity contribution is 0.316. The van der Waals surface area contributed by atoms with Crippen molar-refractivity contribution in [3.05, 3.63) is 55.0 Å². The minimum atomic E-state index is 0. The third-order valence-corrected chi connectivity index (χ3v) is 7.40. The molecule has 2 aromatic carbocycles. The second-order valence-corrected chi connectivity index (χ2v) is 10.1. The smallest absolute Gasteiger partial charge is 0.124 e. The lowest BCUT2D eigenvalue weighted by atomic mass is 10.1. The minimum Gasteiger partial charge on any atom is -0.497 e. The summed E-state index contributed by atoms with van der Waals surface area (Å²) in [5.41, 5.74) is 5.72. The van der Waals surface area contributed by atoms with Gasteiger partial charge in [-0.15, -0.1) is 12.4 Å². The third kappa shape index (κ3) is 5.87. The molecular weight excluding hydrogens is 500 g/mol. The fraction of sp³-hybridized carbons (Fsp3) is 0.414. The van der Waals surface area contributed by atoms with Gasteiger partial charge in [0.05, 0.1) is 49.9 Å². The molecular formula is C29H35ClN6O2. The maximum atomic E-state index is 5.55. The lowest BCUT2D eigenvalue weighted by Gasteiger charge is -2.26. The molecule has 0 bridgehead atoms. The molecule has 200 valence electrons. The fourth-order valence-corrected chi connectivity index (χ4v) is 5.04. The maximum absolute atomic E-state index is 5.55. The van der Waals surface area contributed by atoms with Crippen LogP contribution in [0.1, 0.15) is 25.7 Å². The van der Waals surface area contributed by atoms with E-state index in [-0.39, 0.29) is 12.4 Å². The lowest BCUT2D eigenvalue weighted by Crippen LogP contribution is -2.24. The van der Waals surface area contributed by atoms with E-state index in [4.69, 9.17) is 19.4 Å². The molecule has 9 heteroatoms. The zero-order valence-electron chi connectivity index (χ0n) is 22.0. The number of likely N-dealkylation sites (tertiary alicyclic amines) is 1. The Hall–Kier alpha value is -3.36. The van der Waals surface area contributed by atoms with Crippen LogP contribution in [0, 0.1) is 5.92 Å². The standard InChI is InChI=1S/C29H34N6O2.ClH/c1-36-25-13-24(14-26(16-25)37-2)35(19-21-5-6-21)23-7-8-27-28(15-23)32-29(18-30-27)22-17-31-34(20-22)12-11-33-9-3-4-10-33;/h7-8,13-18,20-21H,3-6,9-12,19H2,1-2H3;1H. The van der Waals surface area contributed by atoms with Crippen molar-refractivity contribution in [2.24, 2.45) is 5.92 Å². The number of benzene rings is 2.